The monoisotopic (exact) mass is 839 g/mol. The molecule has 0 aromatic carbocycles. The second kappa shape index (κ2) is 17.9. The molecule has 22 atom stereocenters. The molecule has 0 aromatic heterocycles. The Bertz CT molecular complexity index is 1390. The number of carbonyl (C=O) groups is 2. The summed E-state index contributed by atoms with van der Waals surface area (Å²) in [6, 6.07) is 0. The average molecular weight is 839 g/mol. The van der Waals surface area contributed by atoms with Gasteiger partial charge in [-0.3, -0.25) is 4.79 Å². The van der Waals surface area contributed by atoms with Crippen LogP contribution in [0.5, 0.6) is 0 Å². The molecule has 0 radical (unpaired) electrons. The van der Waals surface area contributed by atoms with Crippen molar-refractivity contribution in [3.63, 3.8) is 0 Å². The average Bonchev–Trinajstić information content (AvgIpc) is 3.70. The topological polar surface area (TPSA) is 199 Å². The van der Waals surface area contributed by atoms with Crippen LogP contribution in [-0.4, -0.2) is 84.3 Å². The second-order valence-electron chi connectivity index (χ2n) is 22.8. The predicted molar refractivity (Wildman–Crippen MR) is 217 cm³/mol. The zero-order chi connectivity index (χ0) is 42.3. The zero-order valence-corrected chi connectivity index (χ0v) is 39.5. The Morgan fingerprint density at radius 3 is 1.34 bits per heavy atom. The van der Waals surface area contributed by atoms with E-state index in [9.17, 15) is 45.3 Å². The quantitative estimate of drug-likeness (QED) is 0.179. The first-order valence-electron chi connectivity index (χ1n) is 23.7. The molecule has 0 aromatic rings. The fraction of sp³-hybridized carbons (Fsp3) is 0.958. The number of hydrogen-bond acceptors (Lipinski definition) is 9. The molecule has 332 valence electrons. The van der Waals surface area contributed by atoms with Crippen LogP contribution in [0.4, 0.5) is 0 Å². The van der Waals surface area contributed by atoms with Gasteiger partial charge in [0.1, 0.15) is 0 Å². The molecule has 0 amide bonds. The first kappa shape index (κ1) is 48.2. The molecule has 59 heavy (non-hydrogen) atoms. The largest absolute Gasteiger partial charge is 1.00 e. The molecular formula is C48H79NaO10. The van der Waals surface area contributed by atoms with Gasteiger partial charge in [-0.2, -0.15) is 0 Å². The minimum Gasteiger partial charge on any atom is -0.550 e. The van der Waals surface area contributed by atoms with E-state index in [2.05, 4.69) is 41.5 Å². The SMILES string of the molecule is C[C@H](CCC(=O)O)[C@H]1CCC2[C@H]3[C@H](O)C[C@@H]4C[C@H](O)CC[C@]4(C)[C@@H]3C[C@H](O)[C@@]21C.C[C@H](CCC(=O)[O-])[C@H]1CCC2C3C(C[C@H](O)[C@@]21C)[C@@]1(C)CC[C@@H](O)C[C@H]1C[C@H]3O.[Na+]. The van der Waals surface area contributed by atoms with Gasteiger partial charge in [0.15, 0.2) is 0 Å². The van der Waals surface area contributed by atoms with Crippen LogP contribution in [-0.2, 0) is 9.59 Å². The number of carboxylic acids is 2. The summed E-state index contributed by atoms with van der Waals surface area (Å²) in [5.41, 5.74) is -0.315. The molecule has 8 saturated carbocycles. The summed E-state index contributed by atoms with van der Waals surface area (Å²) < 4.78 is 0. The zero-order valence-electron chi connectivity index (χ0n) is 37.5. The van der Waals surface area contributed by atoms with Crippen molar-refractivity contribution in [1.82, 2.24) is 0 Å². The van der Waals surface area contributed by atoms with Gasteiger partial charge in [-0.1, -0.05) is 41.5 Å². The van der Waals surface area contributed by atoms with Gasteiger partial charge in [-0.25, -0.2) is 0 Å². The smallest absolute Gasteiger partial charge is 0.550 e. The standard InChI is InChI=1S/2C24H40O5.Na/c2*1-13(4-7-21(28)29)16-5-6-17-22-18(12-20(27)24(16,17)3)23(2)9-8-15(25)10-14(23)11-19(22)26;/h2*13-20,22,25-27H,4-12H2,1-3H3,(H,28,29);/q;;+1/p-1/t13-,14+,15-,16-,17?,18?,19-,20+,22?,23+,24-;13-,14+,15-,16-,17?,18-,19-,20+,22-,23+,24-;/m11./s1. The fourth-order valence-electron chi connectivity index (χ4n) is 17.4. The number of aliphatic hydroxyl groups is 6. The minimum absolute atomic E-state index is 0. The van der Waals surface area contributed by atoms with Gasteiger partial charge < -0.3 is 45.6 Å². The molecule has 8 fully saturated rings. The van der Waals surface area contributed by atoms with Crippen LogP contribution >= 0.6 is 0 Å². The molecule has 8 rings (SSSR count). The maximum atomic E-state index is 11.5. The summed E-state index contributed by atoms with van der Waals surface area (Å²) in [4.78, 5) is 22.0. The van der Waals surface area contributed by atoms with Crippen LogP contribution in [0.15, 0.2) is 0 Å². The first-order valence-corrected chi connectivity index (χ1v) is 23.7. The van der Waals surface area contributed by atoms with Crippen LogP contribution in [0.1, 0.15) is 157 Å². The third-order valence-electron chi connectivity index (χ3n) is 20.7. The van der Waals surface area contributed by atoms with Gasteiger partial charge in [0, 0.05) is 12.4 Å². The number of fused-ring (bicyclic) bond motifs is 10. The number of aliphatic carboxylic acids is 2. The van der Waals surface area contributed by atoms with Crippen LogP contribution in [0.25, 0.3) is 0 Å². The van der Waals surface area contributed by atoms with Gasteiger partial charge in [0.05, 0.1) is 36.6 Å². The number of aliphatic hydroxyl groups excluding tert-OH is 6. The Morgan fingerprint density at radius 2 is 0.966 bits per heavy atom. The molecule has 4 unspecified atom stereocenters. The van der Waals surface area contributed by atoms with E-state index in [0.29, 0.717) is 48.3 Å². The van der Waals surface area contributed by atoms with Crippen LogP contribution in [0.3, 0.4) is 0 Å². The van der Waals surface area contributed by atoms with Crippen molar-refractivity contribution in [3.8, 4) is 0 Å². The van der Waals surface area contributed by atoms with Crippen molar-refractivity contribution in [2.75, 3.05) is 0 Å². The predicted octanol–water partition coefficient (Wildman–Crippen LogP) is 2.57. The van der Waals surface area contributed by atoms with Gasteiger partial charge in [-0.15, -0.1) is 0 Å². The fourth-order valence-corrected chi connectivity index (χ4v) is 17.4. The molecule has 10 nitrogen and oxygen atoms in total. The van der Waals surface area contributed by atoms with E-state index < -0.39 is 24.1 Å². The van der Waals surface area contributed by atoms with Crippen molar-refractivity contribution >= 4 is 11.9 Å². The summed E-state index contributed by atoms with van der Waals surface area (Å²) in [6.07, 6.45) is 11.7. The Hall–Kier alpha value is -0.300. The Balaban J connectivity index is 0.000000195. The Labute approximate surface area is 376 Å². The van der Waals surface area contributed by atoms with Crippen molar-refractivity contribution < 1.29 is 80.0 Å². The molecule has 8 aliphatic carbocycles. The van der Waals surface area contributed by atoms with Gasteiger partial charge >= 0.3 is 35.5 Å². The van der Waals surface area contributed by atoms with Crippen molar-refractivity contribution in [2.45, 2.75) is 194 Å². The number of rotatable bonds is 8. The summed E-state index contributed by atoms with van der Waals surface area (Å²) in [6.45, 7) is 13.4. The van der Waals surface area contributed by atoms with E-state index in [1.807, 2.05) is 0 Å². The maximum absolute atomic E-state index is 11.5. The van der Waals surface area contributed by atoms with E-state index in [4.69, 9.17) is 5.11 Å². The number of carbonyl (C=O) groups excluding carboxylic acids is 1. The molecule has 0 heterocycles. The Kier molecular flexibility index (Phi) is 14.6. The van der Waals surface area contributed by atoms with E-state index >= 15 is 0 Å². The number of carboxylic acid groups (broad SMARTS) is 2. The molecule has 7 N–H and O–H groups in total. The normalized spacial score (nSPS) is 52.0. The van der Waals surface area contributed by atoms with Gasteiger partial charge in [0.25, 0.3) is 0 Å². The summed E-state index contributed by atoms with van der Waals surface area (Å²) in [7, 11) is 0. The number of hydrogen-bond donors (Lipinski definition) is 7. The van der Waals surface area contributed by atoms with Crippen molar-refractivity contribution in [3.05, 3.63) is 0 Å². The maximum Gasteiger partial charge on any atom is 1.00 e. The van der Waals surface area contributed by atoms with E-state index in [-0.39, 0.29) is 124 Å². The Morgan fingerprint density at radius 1 is 0.576 bits per heavy atom. The molecule has 0 saturated heterocycles. The van der Waals surface area contributed by atoms with Crippen molar-refractivity contribution in [2.24, 2.45) is 92.7 Å². The molecular weight excluding hydrogens is 760 g/mol. The third kappa shape index (κ3) is 8.21. The van der Waals surface area contributed by atoms with Gasteiger partial charge in [-0.05, 0) is 202 Å². The first-order chi connectivity index (χ1) is 27.2. The minimum atomic E-state index is -0.998. The van der Waals surface area contributed by atoms with Crippen LogP contribution in [0.2, 0.25) is 0 Å². The summed E-state index contributed by atoms with van der Waals surface area (Å²) in [5.74, 6) is 1.63. The van der Waals surface area contributed by atoms with Crippen molar-refractivity contribution in [1.29, 1.82) is 0 Å². The summed E-state index contributed by atoms with van der Waals surface area (Å²) in [5, 5.41) is 85.9. The molecule has 0 aliphatic heterocycles. The molecule has 0 bridgehead atoms. The van der Waals surface area contributed by atoms with Crippen LogP contribution < -0.4 is 34.7 Å². The van der Waals surface area contributed by atoms with E-state index in [0.717, 1.165) is 89.9 Å². The molecule has 8 aliphatic rings. The van der Waals surface area contributed by atoms with Gasteiger partial charge in [0.2, 0.25) is 0 Å². The third-order valence-corrected chi connectivity index (χ3v) is 20.7. The van der Waals surface area contributed by atoms with E-state index in [1.165, 1.54) is 0 Å². The molecule has 0 spiro atoms. The summed E-state index contributed by atoms with van der Waals surface area (Å²) >= 11 is 0. The van der Waals surface area contributed by atoms with E-state index in [1.54, 1.807) is 0 Å². The van der Waals surface area contributed by atoms with Crippen LogP contribution in [0, 0.1) is 92.7 Å². The second-order valence-corrected chi connectivity index (χ2v) is 22.8. The molecule has 11 heteroatoms.